The van der Waals surface area contributed by atoms with E-state index < -0.39 is 0 Å². The molecule has 0 bridgehead atoms. The molecule has 0 aromatic carbocycles. The lowest BCUT2D eigenvalue weighted by Gasteiger charge is -2.36. The van der Waals surface area contributed by atoms with E-state index in [4.69, 9.17) is 4.98 Å². The van der Waals surface area contributed by atoms with Gasteiger partial charge in [-0.05, 0) is 46.5 Å². The number of hydrogen-bond acceptors (Lipinski definition) is 4. The Bertz CT molecular complexity index is 408. The highest BCUT2D eigenvalue weighted by Gasteiger charge is 2.25. The second-order valence-electron chi connectivity index (χ2n) is 6.90. The number of rotatable bonds is 3. The van der Waals surface area contributed by atoms with E-state index >= 15 is 0 Å². The molecule has 2 unspecified atom stereocenters. The lowest BCUT2D eigenvalue weighted by molar-refractivity contribution is 0.377. The highest BCUT2D eigenvalue weighted by atomic mass is 32.1. The van der Waals surface area contributed by atoms with E-state index in [0.29, 0.717) is 6.04 Å². The molecule has 0 aliphatic carbocycles. The van der Waals surface area contributed by atoms with Gasteiger partial charge in [-0.3, -0.25) is 0 Å². The maximum Gasteiger partial charge on any atom is 0.185 e. The van der Waals surface area contributed by atoms with E-state index in [1.807, 2.05) is 0 Å². The molecule has 1 aromatic heterocycles. The quantitative estimate of drug-likeness (QED) is 0.916. The Kier molecular flexibility index (Phi) is 4.51. The maximum atomic E-state index is 4.79. The van der Waals surface area contributed by atoms with Gasteiger partial charge < -0.3 is 10.2 Å². The van der Waals surface area contributed by atoms with Crippen LogP contribution in [0, 0.1) is 5.92 Å². The third kappa shape index (κ3) is 4.18. The van der Waals surface area contributed by atoms with Crippen LogP contribution in [0.25, 0.3) is 0 Å². The fourth-order valence-electron chi connectivity index (χ4n) is 2.56. The molecule has 2 heterocycles. The first kappa shape index (κ1) is 14.8. The SMILES string of the molecule is CC1CCN(c2nc(CNC(C)(C)C)cs2)C(C)C1. The third-order valence-corrected chi connectivity index (χ3v) is 4.65. The van der Waals surface area contributed by atoms with Gasteiger partial charge in [0, 0.05) is 30.1 Å². The zero-order chi connectivity index (χ0) is 14.0. The summed E-state index contributed by atoms with van der Waals surface area (Å²) in [6.07, 6.45) is 2.58. The molecule has 1 N–H and O–H groups in total. The minimum Gasteiger partial charge on any atom is -0.345 e. The summed E-state index contributed by atoms with van der Waals surface area (Å²) in [5.41, 5.74) is 1.32. The molecule has 0 amide bonds. The van der Waals surface area contributed by atoms with Crippen molar-refractivity contribution in [2.45, 2.75) is 65.6 Å². The number of aromatic nitrogens is 1. The normalized spacial score (nSPS) is 24.8. The van der Waals surface area contributed by atoms with Crippen LogP contribution in [0.4, 0.5) is 5.13 Å². The van der Waals surface area contributed by atoms with Crippen LogP contribution in [0.3, 0.4) is 0 Å². The Labute approximate surface area is 121 Å². The Hall–Kier alpha value is -0.610. The molecule has 2 atom stereocenters. The van der Waals surface area contributed by atoms with Crippen LogP contribution in [0.2, 0.25) is 0 Å². The van der Waals surface area contributed by atoms with E-state index in [0.717, 1.165) is 19.0 Å². The molecule has 0 spiro atoms. The van der Waals surface area contributed by atoms with Gasteiger partial charge in [0.2, 0.25) is 0 Å². The van der Waals surface area contributed by atoms with Crippen molar-refractivity contribution in [3.05, 3.63) is 11.1 Å². The molecular formula is C15H27N3S. The zero-order valence-corrected chi connectivity index (χ0v) is 13.7. The average Bonchev–Trinajstić information content (AvgIpc) is 2.74. The van der Waals surface area contributed by atoms with Gasteiger partial charge in [0.1, 0.15) is 0 Å². The van der Waals surface area contributed by atoms with Crippen molar-refractivity contribution >= 4 is 16.5 Å². The first-order valence-corrected chi connectivity index (χ1v) is 8.19. The summed E-state index contributed by atoms with van der Waals surface area (Å²) < 4.78 is 0. The van der Waals surface area contributed by atoms with Crippen LogP contribution >= 0.6 is 11.3 Å². The number of hydrogen-bond donors (Lipinski definition) is 1. The van der Waals surface area contributed by atoms with E-state index in [1.54, 1.807) is 11.3 Å². The Morgan fingerprint density at radius 3 is 2.79 bits per heavy atom. The summed E-state index contributed by atoms with van der Waals surface area (Å²) in [4.78, 5) is 7.27. The summed E-state index contributed by atoms with van der Waals surface area (Å²) in [6.45, 7) is 13.3. The molecule has 1 fully saturated rings. The summed E-state index contributed by atoms with van der Waals surface area (Å²) in [7, 11) is 0. The summed E-state index contributed by atoms with van der Waals surface area (Å²) in [6, 6.07) is 0.623. The van der Waals surface area contributed by atoms with E-state index in [-0.39, 0.29) is 5.54 Å². The van der Waals surface area contributed by atoms with Crippen molar-refractivity contribution in [3.8, 4) is 0 Å². The number of piperidine rings is 1. The molecule has 19 heavy (non-hydrogen) atoms. The van der Waals surface area contributed by atoms with Crippen molar-refractivity contribution in [1.82, 2.24) is 10.3 Å². The van der Waals surface area contributed by atoms with E-state index in [9.17, 15) is 0 Å². The minimum absolute atomic E-state index is 0.150. The summed E-state index contributed by atoms with van der Waals surface area (Å²) in [5.74, 6) is 0.855. The maximum absolute atomic E-state index is 4.79. The minimum atomic E-state index is 0.150. The second kappa shape index (κ2) is 5.80. The predicted molar refractivity (Wildman–Crippen MR) is 83.9 cm³/mol. The van der Waals surface area contributed by atoms with Crippen molar-refractivity contribution in [2.24, 2.45) is 5.92 Å². The van der Waals surface area contributed by atoms with E-state index in [1.165, 1.54) is 23.7 Å². The van der Waals surface area contributed by atoms with Crippen molar-refractivity contribution < 1.29 is 0 Å². The number of nitrogens with one attached hydrogen (secondary N) is 1. The average molecular weight is 281 g/mol. The van der Waals surface area contributed by atoms with Gasteiger partial charge in [0.15, 0.2) is 5.13 Å². The Morgan fingerprint density at radius 2 is 2.16 bits per heavy atom. The summed E-state index contributed by atoms with van der Waals surface area (Å²) in [5, 5.41) is 6.89. The molecule has 1 aliphatic heterocycles. The van der Waals surface area contributed by atoms with Gasteiger partial charge in [0.05, 0.1) is 5.69 Å². The first-order valence-electron chi connectivity index (χ1n) is 7.31. The van der Waals surface area contributed by atoms with Crippen molar-refractivity contribution in [3.63, 3.8) is 0 Å². The predicted octanol–water partition coefficient (Wildman–Crippen LogP) is 3.66. The van der Waals surface area contributed by atoms with Crippen LogP contribution in [0.5, 0.6) is 0 Å². The fraction of sp³-hybridized carbons (Fsp3) is 0.800. The van der Waals surface area contributed by atoms with Crippen LogP contribution in [-0.2, 0) is 6.54 Å². The van der Waals surface area contributed by atoms with Gasteiger partial charge >= 0.3 is 0 Å². The largest absolute Gasteiger partial charge is 0.345 e. The standard InChI is InChI=1S/C15H27N3S/c1-11-6-7-18(12(2)8-11)14-17-13(10-19-14)9-16-15(3,4)5/h10-12,16H,6-9H2,1-5H3. The number of thiazole rings is 1. The molecule has 3 nitrogen and oxygen atoms in total. The number of anilines is 1. The van der Waals surface area contributed by atoms with Gasteiger partial charge in [-0.25, -0.2) is 4.98 Å². The van der Waals surface area contributed by atoms with Crippen LogP contribution < -0.4 is 10.2 Å². The zero-order valence-electron chi connectivity index (χ0n) is 12.9. The smallest absolute Gasteiger partial charge is 0.185 e. The van der Waals surface area contributed by atoms with Crippen molar-refractivity contribution in [1.29, 1.82) is 0 Å². The lowest BCUT2D eigenvalue weighted by atomic mass is 9.94. The highest BCUT2D eigenvalue weighted by Crippen LogP contribution is 2.30. The molecule has 1 aliphatic rings. The molecule has 2 rings (SSSR count). The third-order valence-electron chi connectivity index (χ3n) is 3.72. The fourth-order valence-corrected chi connectivity index (χ4v) is 3.51. The molecule has 0 saturated carbocycles. The summed E-state index contributed by atoms with van der Waals surface area (Å²) >= 11 is 1.79. The van der Waals surface area contributed by atoms with Crippen LogP contribution in [0.1, 0.15) is 53.2 Å². The molecule has 1 saturated heterocycles. The van der Waals surface area contributed by atoms with E-state index in [2.05, 4.69) is 50.2 Å². The monoisotopic (exact) mass is 281 g/mol. The van der Waals surface area contributed by atoms with Crippen LogP contribution in [-0.4, -0.2) is 23.1 Å². The number of nitrogens with zero attached hydrogens (tertiary/aromatic N) is 2. The topological polar surface area (TPSA) is 28.2 Å². The van der Waals surface area contributed by atoms with Gasteiger partial charge in [-0.15, -0.1) is 11.3 Å². The lowest BCUT2D eigenvalue weighted by Crippen LogP contribution is -2.40. The van der Waals surface area contributed by atoms with Crippen LogP contribution in [0.15, 0.2) is 5.38 Å². The second-order valence-corrected chi connectivity index (χ2v) is 7.73. The first-order chi connectivity index (χ1) is 8.85. The molecule has 108 valence electrons. The molecule has 0 radical (unpaired) electrons. The molecular weight excluding hydrogens is 254 g/mol. The van der Waals surface area contributed by atoms with Crippen molar-refractivity contribution in [2.75, 3.05) is 11.4 Å². The van der Waals surface area contributed by atoms with Gasteiger partial charge in [-0.2, -0.15) is 0 Å². The molecule has 1 aromatic rings. The molecule has 4 heteroatoms. The Morgan fingerprint density at radius 1 is 1.42 bits per heavy atom. The highest BCUT2D eigenvalue weighted by molar-refractivity contribution is 7.13. The van der Waals surface area contributed by atoms with Gasteiger partial charge in [-0.1, -0.05) is 6.92 Å². The van der Waals surface area contributed by atoms with Gasteiger partial charge in [0.25, 0.3) is 0 Å². The Balaban J connectivity index is 1.97.